The molecule has 0 unspecified atom stereocenters. The Morgan fingerprint density at radius 2 is 2.18 bits per heavy atom. The van der Waals surface area contributed by atoms with Gasteiger partial charge in [-0.1, -0.05) is 0 Å². The number of hydrogen-bond acceptors (Lipinski definition) is 3. The Balaban J connectivity index is 3.14. The molecule has 0 bridgehead atoms. The van der Waals surface area contributed by atoms with Crippen LogP contribution in [0.5, 0.6) is 5.88 Å². The number of anilines is 1. The van der Waals surface area contributed by atoms with E-state index in [1.807, 2.05) is 0 Å². The van der Waals surface area contributed by atoms with Crippen LogP contribution < -0.4 is 10.1 Å². The molecule has 1 aromatic rings. The molecule has 0 atom stereocenters. The smallest absolute Gasteiger partial charge is 0.421 e. The van der Waals surface area contributed by atoms with Gasteiger partial charge in [-0.2, -0.15) is 13.2 Å². The molecule has 0 fully saturated rings. The van der Waals surface area contributed by atoms with Crippen LogP contribution in [0, 0.1) is 0 Å². The SMILES string of the molecule is CCOc1ncc(NC(C)=O)cc1C(F)(F)F. The van der Waals surface area contributed by atoms with Crippen LogP contribution in [0.15, 0.2) is 12.3 Å². The summed E-state index contributed by atoms with van der Waals surface area (Å²) in [5, 5.41) is 2.23. The van der Waals surface area contributed by atoms with Crippen LogP contribution in [-0.4, -0.2) is 17.5 Å². The molecule has 1 N–H and O–H groups in total. The zero-order chi connectivity index (χ0) is 13.1. The average Bonchev–Trinajstić information content (AvgIpc) is 2.18. The highest BCUT2D eigenvalue weighted by molar-refractivity contribution is 5.88. The summed E-state index contributed by atoms with van der Waals surface area (Å²) in [5.41, 5.74) is -1.03. The van der Waals surface area contributed by atoms with E-state index in [1.165, 1.54) is 6.92 Å². The number of aromatic nitrogens is 1. The molecular weight excluding hydrogens is 237 g/mol. The summed E-state index contributed by atoms with van der Waals surface area (Å²) in [6.45, 7) is 2.84. The van der Waals surface area contributed by atoms with Crippen molar-refractivity contribution in [2.45, 2.75) is 20.0 Å². The van der Waals surface area contributed by atoms with Gasteiger partial charge in [-0.25, -0.2) is 4.98 Å². The van der Waals surface area contributed by atoms with Gasteiger partial charge in [0.25, 0.3) is 0 Å². The lowest BCUT2D eigenvalue weighted by atomic mass is 10.2. The Hall–Kier alpha value is -1.79. The van der Waals surface area contributed by atoms with Crippen molar-refractivity contribution in [2.24, 2.45) is 0 Å². The van der Waals surface area contributed by atoms with E-state index in [1.54, 1.807) is 6.92 Å². The third-order valence-corrected chi connectivity index (χ3v) is 1.76. The maximum atomic E-state index is 12.7. The fourth-order valence-electron chi connectivity index (χ4n) is 1.18. The van der Waals surface area contributed by atoms with E-state index < -0.39 is 23.5 Å². The Kier molecular flexibility index (Phi) is 3.93. The zero-order valence-electron chi connectivity index (χ0n) is 9.26. The average molecular weight is 248 g/mol. The van der Waals surface area contributed by atoms with Crippen molar-refractivity contribution in [1.29, 1.82) is 0 Å². The van der Waals surface area contributed by atoms with E-state index in [-0.39, 0.29) is 12.3 Å². The Bertz CT molecular complexity index is 419. The number of halogens is 3. The molecule has 1 rings (SSSR count). The van der Waals surface area contributed by atoms with Gasteiger partial charge in [0, 0.05) is 6.92 Å². The first kappa shape index (κ1) is 13.3. The molecule has 0 saturated carbocycles. The molecule has 1 amide bonds. The van der Waals surface area contributed by atoms with E-state index in [0.29, 0.717) is 0 Å². The highest BCUT2D eigenvalue weighted by Crippen LogP contribution is 2.36. The number of amides is 1. The molecule has 7 heteroatoms. The molecule has 0 spiro atoms. The first-order valence-corrected chi connectivity index (χ1v) is 4.82. The minimum absolute atomic E-state index is 0.0201. The zero-order valence-corrected chi connectivity index (χ0v) is 9.26. The number of rotatable bonds is 3. The summed E-state index contributed by atoms with van der Waals surface area (Å²) in [7, 11) is 0. The number of ether oxygens (including phenoxy) is 1. The van der Waals surface area contributed by atoms with Gasteiger partial charge in [0.05, 0.1) is 18.5 Å². The lowest BCUT2D eigenvalue weighted by molar-refractivity contribution is -0.139. The number of carbonyl (C=O) groups is 1. The summed E-state index contributed by atoms with van der Waals surface area (Å²) in [5.74, 6) is -0.960. The Labute approximate surface area is 95.8 Å². The van der Waals surface area contributed by atoms with Gasteiger partial charge in [-0.15, -0.1) is 0 Å². The van der Waals surface area contributed by atoms with Crippen LogP contribution in [-0.2, 0) is 11.0 Å². The minimum Gasteiger partial charge on any atom is -0.478 e. The second-order valence-electron chi connectivity index (χ2n) is 3.19. The van der Waals surface area contributed by atoms with Crippen molar-refractivity contribution >= 4 is 11.6 Å². The first-order valence-electron chi connectivity index (χ1n) is 4.82. The van der Waals surface area contributed by atoms with E-state index in [2.05, 4.69) is 10.3 Å². The molecule has 0 aliphatic rings. The molecule has 1 heterocycles. The van der Waals surface area contributed by atoms with Crippen molar-refractivity contribution in [3.63, 3.8) is 0 Å². The van der Waals surface area contributed by atoms with E-state index in [4.69, 9.17) is 4.74 Å². The van der Waals surface area contributed by atoms with Crippen molar-refractivity contribution < 1.29 is 22.7 Å². The monoisotopic (exact) mass is 248 g/mol. The van der Waals surface area contributed by atoms with Crippen LogP contribution in [0.1, 0.15) is 19.4 Å². The van der Waals surface area contributed by atoms with Crippen LogP contribution >= 0.6 is 0 Å². The van der Waals surface area contributed by atoms with Gasteiger partial charge in [0.2, 0.25) is 11.8 Å². The lowest BCUT2D eigenvalue weighted by Crippen LogP contribution is -2.13. The third-order valence-electron chi connectivity index (χ3n) is 1.76. The van der Waals surface area contributed by atoms with Gasteiger partial charge >= 0.3 is 6.18 Å². The fraction of sp³-hybridized carbons (Fsp3) is 0.400. The number of pyridine rings is 1. The van der Waals surface area contributed by atoms with Crippen molar-refractivity contribution in [2.75, 3.05) is 11.9 Å². The molecule has 0 aliphatic heterocycles. The number of hydrogen-bond donors (Lipinski definition) is 1. The predicted octanol–water partition coefficient (Wildman–Crippen LogP) is 2.46. The standard InChI is InChI=1S/C10H11F3N2O2/c1-3-17-9-8(10(11,12)13)4-7(5-14-9)15-6(2)16/h4-5H,3H2,1-2H3,(H,15,16). The second-order valence-corrected chi connectivity index (χ2v) is 3.19. The second kappa shape index (κ2) is 5.03. The summed E-state index contributed by atoms with van der Waals surface area (Å²) in [4.78, 5) is 14.3. The maximum absolute atomic E-state index is 12.7. The summed E-state index contributed by atoms with van der Waals surface area (Å²) < 4.78 is 42.7. The van der Waals surface area contributed by atoms with Gasteiger partial charge < -0.3 is 10.1 Å². The minimum atomic E-state index is -4.58. The number of nitrogens with zero attached hydrogens (tertiary/aromatic N) is 1. The van der Waals surface area contributed by atoms with Crippen molar-refractivity contribution in [3.8, 4) is 5.88 Å². The molecule has 4 nitrogen and oxygen atoms in total. The van der Waals surface area contributed by atoms with E-state index >= 15 is 0 Å². The van der Waals surface area contributed by atoms with Crippen molar-refractivity contribution in [1.82, 2.24) is 4.98 Å². The third kappa shape index (κ3) is 3.61. The molecule has 94 valence electrons. The summed E-state index contributed by atoms with van der Waals surface area (Å²) >= 11 is 0. The Morgan fingerprint density at radius 1 is 1.53 bits per heavy atom. The largest absolute Gasteiger partial charge is 0.478 e. The Morgan fingerprint density at radius 3 is 2.65 bits per heavy atom. The van der Waals surface area contributed by atoms with E-state index in [0.717, 1.165) is 12.3 Å². The molecule has 0 aliphatic carbocycles. The highest BCUT2D eigenvalue weighted by Gasteiger charge is 2.35. The van der Waals surface area contributed by atoms with Crippen LogP contribution in [0.2, 0.25) is 0 Å². The lowest BCUT2D eigenvalue weighted by Gasteiger charge is -2.13. The topological polar surface area (TPSA) is 51.2 Å². The van der Waals surface area contributed by atoms with Gasteiger partial charge in [-0.05, 0) is 13.0 Å². The molecule has 1 aromatic heterocycles. The van der Waals surface area contributed by atoms with Gasteiger partial charge in [0.15, 0.2) is 0 Å². The predicted molar refractivity (Wildman–Crippen MR) is 54.7 cm³/mol. The van der Waals surface area contributed by atoms with Gasteiger partial charge in [-0.3, -0.25) is 4.79 Å². The van der Waals surface area contributed by atoms with E-state index in [9.17, 15) is 18.0 Å². The molecule has 0 radical (unpaired) electrons. The van der Waals surface area contributed by atoms with Crippen LogP contribution in [0.4, 0.5) is 18.9 Å². The quantitative estimate of drug-likeness (QED) is 0.893. The van der Waals surface area contributed by atoms with Gasteiger partial charge in [0.1, 0.15) is 5.56 Å². The molecule has 0 aromatic carbocycles. The number of alkyl halides is 3. The van der Waals surface area contributed by atoms with Crippen LogP contribution in [0.3, 0.4) is 0 Å². The van der Waals surface area contributed by atoms with Crippen molar-refractivity contribution in [3.05, 3.63) is 17.8 Å². The molecule has 0 saturated heterocycles. The normalized spacial score (nSPS) is 11.1. The molecule has 17 heavy (non-hydrogen) atoms. The maximum Gasteiger partial charge on any atom is 0.421 e. The first-order chi connectivity index (χ1) is 7.84. The fourth-order valence-corrected chi connectivity index (χ4v) is 1.18. The highest BCUT2D eigenvalue weighted by atomic mass is 19.4. The molecular formula is C10H11F3N2O2. The number of nitrogens with one attached hydrogen (secondary N) is 1. The summed E-state index contributed by atoms with van der Waals surface area (Å²) in [6, 6.07) is 0.791. The summed E-state index contributed by atoms with van der Waals surface area (Å²) in [6.07, 6.45) is -3.46. The van der Waals surface area contributed by atoms with Crippen LogP contribution in [0.25, 0.3) is 0 Å². The number of carbonyl (C=O) groups excluding carboxylic acids is 1.